The summed E-state index contributed by atoms with van der Waals surface area (Å²) < 4.78 is 0. The summed E-state index contributed by atoms with van der Waals surface area (Å²) in [5.74, 6) is -0.167. The summed E-state index contributed by atoms with van der Waals surface area (Å²) >= 11 is 5.99. The maximum Gasteiger partial charge on any atom is 0.161 e. The van der Waals surface area contributed by atoms with Crippen molar-refractivity contribution >= 4 is 11.6 Å². The molecule has 0 spiro atoms. The first kappa shape index (κ1) is 11.6. The van der Waals surface area contributed by atoms with Crippen molar-refractivity contribution < 1.29 is 10.2 Å². The summed E-state index contributed by atoms with van der Waals surface area (Å²) in [6.07, 6.45) is 2.98. The largest absolute Gasteiger partial charge is 0.504 e. The van der Waals surface area contributed by atoms with Crippen molar-refractivity contribution in [3.63, 3.8) is 0 Å². The maximum atomic E-state index is 9.83. The Morgan fingerprint density at radius 3 is 2.88 bits per heavy atom. The number of hydrogen-bond donors (Lipinski definition) is 3. The standard InChI is InChI=1S/C12H16ClNO2/c1-7-9(5-8-3-2-4-14-8)12(16)11(15)6-10(7)13/h6,8,14-16H,2-5H2,1H3. The molecule has 1 aliphatic rings. The van der Waals surface area contributed by atoms with Gasteiger partial charge in [-0.1, -0.05) is 11.6 Å². The Bertz CT molecular complexity index is 374. The zero-order valence-corrected chi connectivity index (χ0v) is 10.0. The molecule has 1 heterocycles. The van der Waals surface area contributed by atoms with Crippen molar-refractivity contribution in [2.75, 3.05) is 6.54 Å². The molecule has 1 unspecified atom stereocenters. The van der Waals surface area contributed by atoms with Gasteiger partial charge in [0.15, 0.2) is 11.5 Å². The third-order valence-corrected chi connectivity index (χ3v) is 3.61. The van der Waals surface area contributed by atoms with Gasteiger partial charge in [-0.25, -0.2) is 0 Å². The average molecular weight is 242 g/mol. The number of hydrogen-bond acceptors (Lipinski definition) is 3. The first-order valence-electron chi connectivity index (χ1n) is 5.53. The molecule has 0 bridgehead atoms. The quantitative estimate of drug-likeness (QED) is 0.697. The fourth-order valence-corrected chi connectivity index (χ4v) is 2.42. The van der Waals surface area contributed by atoms with Gasteiger partial charge in [0.05, 0.1) is 0 Å². The molecule has 1 saturated heterocycles. The zero-order chi connectivity index (χ0) is 11.7. The van der Waals surface area contributed by atoms with Crippen molar-refractivity contribution in [2.24, 2.45) is 0 Å². The minimum atomic E-state index is -0.136. The Kier molecular flexibility index (Phi) is 3.26. The van der Waals surface area contributed by atoms with E-state index in [1.54, 1.807) is 0 Å². The van der Waals surface area contributed by atoms with E-state index in [0.29, 0.717) is 17.5 Å². The number of halogens is 1. The van der Waals surface area contributed by atoms with Crippen LogP contribution in [0.25, 0.3) is 0 Å². The van der Waals surface area contributed by atoms with Gasteiger partial charge in [0.2, 0.25) is 0 Å². The van der Waals surface area contributed by atoms with Crippen LogP contribution in [0.5, 0.6) is 11.5 Å². The smallest absolute Gasteiger partial charge is 0.161 e. The topological polar surface area (TPSA) is 52.5 Å². The van der Waals surface area contributed by atoms with Crippen molar-refractivity contribution in [3.8, 4) is 11.5 Å². The van der Waals surface area contributed by atoms with Crippen molar-refractivity contribution in [1.82, 2.24) is 5.32 Å². The van der Waals surface area contributed by atoms with Crippen LogP contribution in [-0.4, -0.2) is 22.8 Å². The van der Waals surface area contributed by atoms with Gasteiger partial charge in [-0.3, -0.25) is 0 Å². The van der Waals surface area contributed by atoms with Gasteiger partial charge in [0.1, 0.15) is 0 Å². The molecule has 3 N–H and O–H groups in total. The van der Waals surface area contributed by atoms with Gasteiger partial charge in [-0.15, -0.1) is 0 Å². The number of phenols is 2. The van der Waals surface area contributed by atoms with Crippen LogP contribution in [0.3, 0.4) is 0 Å². The molecule has 1 aliphatic heterocycles. The summed E-state index contributed by atoms with van der Waals surface area (Å²) in [4.78, 5) is 0. The first-order chi connectivity index (χ1) is 7.59. The third kappa shape index (κ3) is 2.11. The molecular formula is C12H16ClNO2. The molecule has 88 valence electrons. The highest BCUT2D eigenvalue weighted by Crippen LogP contribution is 2.37. The predicted octanol–water partition coefficient (Wildman–Crippen LogP) is 2.35. The molecule has 1 aromatic rings. The van der Waals surface area contributed by atoms with Gasteiger partial charge in [-0.2, -0.15) is 0 Å². The highest BCUT2D eigenvalue weighted by Gasteiger charge is 2.20. The molecule has 0 radical (unpaired) electrons. The van der Waals surface area contributed by atoms with Crippen LogP contribution >= 0.6 is 11.6 Å². The van der Waals surface area contributed by atoms with Gasteiger partial charge in [0.25, 0.3) is 0 Å². The van der Waals surface area contributed by atoms with Crippen molar-refractivity contribution in [2.45, 2.75) is 32.2 Å². The summed E-state index contributed by atoms with van der Waals surface area (Å²) in [5, 5.41) is 23.2. The monoisotopic (exact) mass is 241 g/mol. The number of rotatable bonds is 2. The second-order valence-corrected chi connectivity index (χ2v) is 4.73. The minimum absolute atomic E-state index is 0.0319. The molecule has 16 heavy (non-hydrogen) atoms. The molecule has 0 aliphatic carbocycles. The SMILES string of the molecule is Cc1c(Cl)cc(O)c(O)c1CC1CCCN1. The number of benzene rings is 1. The average Bonchev–Trinajstić information content (AvgIpc) is 2.74. The molecule has 0 amide bonds. The second-order valence-electron chi connectivity index (χ2n) is 4.33. The van der Waals surface area contributed by atoms with E-state index in [1.807, 2.05) is 6.92 Å². The van der Waals surface area contributed by atoms with E-state index < -0.39 is 0 Å². The van der Waals surface area contributed by atoms with Crippen LogP contribution in [0.4, 0.5) is 0 Å². The summed E-state index contributed by atoms with van der Waals surface area (Å²) in [5.41, 5.74) is 1.61. The fraction of sp³-hybridized carbons (Fsp3) is 0.500. The molecule has 2 rings (SSSR count). The summed E-state index contributed by atoms with van der Waals surface area (Å²) in [7, 11) is 0. The Morgan fingerprint density at radius 1 is 1.50 bits per heavy atom. The molecule has 0 aromatic heterocycles. The van der Waals surface area contributed by atoms with E-state index in [-0.39, 0.29) is 11.5 Å². The molecule has 4 heteroatoms. The van der Waals surface area contributed by atoms with E-state index >= 15 is 0 Å². The number of nitrogens with one attached hydrogen (secondary N) is 1. The van der Waals surface area contributed by atoms with E-state index in [1.165, 1.54) is 6.07 Å². The molecule has 1 aromatic carbocycles. The van der Waals surface area contributed by atoms with E-state index in [4.69, 9.17) is 11.6 Å². The van der Waals surface area contributed by atoms with Crippen LogP contribution in [0, 0.1) is 6.92 Å². The number of phenolic OH excluding ortho intramolecular Hbond substituents is 2. The summed E-state index contributed by atoms with van der Waals surface area (Å²) in [6, 6.07) is 1.76. The normalized spacial score (nSPS) is 20.2. The maximum absolute atomic E-state index is 9.83. The highest BCUT2D eigenvalue weighted by molar-refractivity contribution is 6.31. The van der Waals surface area contributed by atoms with Crippen molar-refractivity contribution in [1.29, 1.82) is 0 Å². The highest BCUT2D eigenvalue weighted by atomic mass is 35.5. The van der Waals surface area contributed by atoms with E-state index in [9.17, 15) is 10.2 Å². The van der Waals surface area contributed by atoms with Gasteiger partial charge >= 0.3 is 0 Å². The second kappa shape index (κ2) is 4.52. The first-order valence-corrected chi connectivity index (χ1v) is 5.90. The lowest BCUT2D eigenvalue weighted by Crippen LogP contribution is -2.24. The minimum Gasteiger partial charge on any atom is -0.504 e. The Labute approximate surface area is 100 Å². The Balaban J connectivity index is 2.31. The predicted molar refractivity (Wildman–Crippen MR) is 64.2 cm³/mol. The fourth-order valence-electron chi connectivity index (χ4n) is 2.20. The lowest BCUT2D eigenvalue weighted by Gasteiger charge is -2.15. The van der Waals surface area contributed by atoms with Crippen molar-refractivity contribution in [3.05, 3.63) is 22.2 Å². The van der Waals surface area contributed by atoms with E-state index in [2.05, 4.69) is 5.32 Å². The molecule has 1 fully saturated rings. The Hall–Kier alpha value is -0.930. The third-order valence-electron chi connectivity index (χ3n) is 3.22. The zero-order valence-electron chi connectivity index (χ0n) is 9.26. The molecular weight excluding hydrogens is 226 g/mol. The van der Waals surface area contributed by atoms with Gasteiger partial charge in [0, 0.05) is 22.7 Å². The molecule has 0 saturated carbocycles. The van der Waals surface area contributed by atoms with Crippen LogP contribution in [0.2, 0.25) is 5.02 Å². The number of aromatic hydroxyl groups is 2. The lowest BCUT2D eigenvalue weighted by atomic mass is 9.98. The van der Waals surface area contributed by atoms with Gasteiger partial charge < -0.3 is 15.5 Å². The van der Waals surface area contributed by atoms with Crippen LogP contribution < -0.4 is 5.32 Å². The van der Waals surface area contributed by atoms with Gasteiger partial charge in [-0.05, 0) is 38.3 Å². The van der Waals surface area contributed by atoms with Crippen LogP contribution in [0.15, 0.2) is 6.07 Å². The van der Waals surface area contributed by atoms with Crippen LogP contribution in [0.1, 0.15) is 24.0 Å². The lowest BCUT2D eigenvalue weighted by molar-refractivity contribution is 0.396. The van der Waals surface area contributed by atoms with E-state index in [0.717, 1.165) is 30.5 Å². The summed E-state index contributed by atoms with van der Waals surface area (Å²) in [6.45, 7) is 2.89. The molecule has 1 atom stereocenters. The van der Waals surface area contributed by atoms with Crippen LogP contribution in [-0.2, 0) is 6.42 Å². The molecule has 3 nitrogen and oxygen atoms in total. The Morgan fingerprint density at radius 2 is 2.25 bits per heavy atom.